The van der Waals surface area contributed by atoms with E-state index in [1.807, 2.05) is 19.0 Å². The van der Waals surface area contributed by atoms with Gasteiger partial charge in [-0.3, -0.25) is 0 Å². The van der Waals surface area contributed by atoms with Gasteiger partial charge < -0.3 is 20.1 Å². The molecule has 0 amide bonds. The summed E-state index contributed by atoms with van der Waals surface area (Å²) in [6, 6.07) is 0. The topological polar surface area (TPSA) is 57.6 Å². The van der Waals surface area contributed by atoms with Crippen LogP contribution in [0.5, 0.6) is 5.88 Å². The summed E-state index contributed by atoms with van der Waals surface area (Å²) < 4.78 is 5.32. The number of rotatable bonds is 6. The first-order valence-electron chi connectivity index (χ1n) is 7.21. The van der Waals surface area contributed by atoms with Crippen LogP contribution in [-0.2, 0) is 6.54 Å². The van der Waals surface area contributed by atoms with Gasteiger partial charge in [-0.15, -0.1) is 0 Å². The van der Waals surface area contributed by atoms with Crippen molar-refractivity contribution in [2.24, 2.45) is 5.92 Å². The highest BCUT2D eigenvalue weighted by atomic mass is 32.1. The summed E-state index contributed by atoms with van der Waals surface area (Å²) in [5, 5.41) is 14.4. The first-order valence-corrected chi connectivity index (χ1v) is 8.03. The van der Waals surface area contributed by atoms with Gasteiger partial charge in [0, 0.05) is 27.2 Å². The van der Waals surface area contributed by atoms with Gasteiger partial charge in [0.25, 0.3) is 0 Å². The average Bonchev–Trinajstić information content (AvgIpc) is 2.84. The van der Waals surface area contributed by atoms with E-state index in [1.54, 1.807) is 18.4 Å². The summed E-state index contributed by atoms with van der Waals surface area (Å²) in [7, 11) is 5.62. The van der Waals surface area contributed by atoms with E-state index in [0.29, 0.717) is 11.8 Å². The maximum atomic E-state index is 9.96. The van der Waals surface area contributed by atoms with Crippen LogP contribution in [0.2, 0.25) is 0 Å². The Bertz CT molecular complexity index is 423. The minimum absolute atomic E-state index is 0.142. The molecule has 0 radical (unpaired) electrons. The first kappa shape index (κ1) is 15.5. The Morgan fingerprint density at radius 2 is 2.15 bits per heavy atom. The SMILES string of the molecule is COc1nc(N(C)C)sc1CNCC1CCCCC1O. The summed E-state index contributed by atoms with van der Waals surface area (Å²) in [4.78, 5) is 7.54. The molecule has 2 N–H and O–H groups in total. The third kappa shape index (κ3) is 3.84. The number of hydrogen-bond acceptors (Lipinski definition) is 6. The number of methoxy groups -OCH3 is 1. The van der Waals surface area contributed by atoms with Gasteiger partial charge in [0.05, 0.1) is 18.1 Å². The van der Waals surface area contributed by atoms with Gasteiger partial charge in [0.2, 0.25) is 5.88 Å². The van der Waals surface area contributed by atoms with Crippen molar-refractivity contribution in [2.75, 3.05) is 32.6 Å². The van der Waals surface area contributed by atoms with E-state index in [1.165, 1.54) is 6.42 Å². The molecule has 0 aliphatic heterocycles. The van der Waals surface area contributed by atoms with Crippen molar-refractivity contribution in [1.82, 2.24) is 10.3 Å². The smallest absolute Gasteiger partial charge is 0.230 e. The molecule has 2 atom stereocenters. The largest absolute Gasteiger partial charge is 0.480 e. The molecular formula is C14H25N3O2S. The van der Waals surface area contributed by atoms with E-state index in [0.717, 1.165) is 42.4 Å². The lowest BCUT2D eigenvalue weighted by molar-refractivity contribution is 0.0695. The van der Waals surface area contributed by atoms with Crippen molar-refractivity contribution in [3.8, 4) is 5.88 Å². The van der Waals surface area contributed by atoms with E-state index >= 15 is 0 Å². The Kier molecular flexibility index (Phi) is 5.63. The molecule has 0 aromatic carbocycles. The number of hydrogen-bond donors (Lipinski definition) is 2. The molecule has 1 heterocycles. The highest BCUT2D eigenvalue weighted by Crippen LogP contribution is 2.30. The molecule has 2 rings (SSSR count). The molecule has 1 fully saturated rings. The Morgan fingerprint density at radius 1 is 1.40 bits per heavy atom. The lowest BCUT2D eigenvalue weighted by atomic mass is 9.86. The molecule has 1 saturated carbocycles. The molecule has 0 bridgehead atoms. The summed E-state index contributed by atoms with van der Waals surface area (Å²) >= 11 is 1.64. The fourth-order valence-electron chi connectivity index (χ4n) is 2.59. The Hall–Kier alpha value is -0.850. The fourth-order valence-corrected chi connectivity index (χ4v) is 3.51. The third-order valence-electron chi connectivity index (χ3n) is 3.79. The summed E-state index contributed by atoms with van der Waals surface area (Å²) in [5.74, 6) is 1.09. The Balaban J connectivity index is 1.87. The Morgan fingerprint density at radius 3 is 2.80 bits per heavy atom. The molecule has 20 heavy (non-hydrogen) atoms. The van der Waals surface area contributed by atoms with E-state index < -0.39 is 0 Å². The fraction of sp³-hybridized carbons (Fsp3) is 0.786. The van der Waals surface area contributed by atoms with Gasteiger partial charge in [0.1, 0.15) is 0 Å². The minimum Gasteiger partial charge on any atom is -0.480 e. The zero-order valence-electron chi connectivity index (χ0n) is 12.6. The highest BCUT2D eigenvalue weighted by molar-refractivity contribution is 7.15. The number of nitrogens with zero attached hydrogens (tertiary/aromatic N) is 2. The molecule has 2 unspecified atom stereocenters. The van der Waals surface area contributed by atoms with Crippen molar-refractivity contribution in [3.05, 3.63) is 4.88 Å². The van der Waals surface area contributed by atoms with E-state index in [-0.39, 0.29) is 6.10 Å². The normalized spacial score (nSPS) is 22.8. The Labute approximate surface area is 125 Å². The van der Waals surface area contributed by atoms with Crippen molar-refractivity contribution in [2.45, 2.75) is 38.3 Å². The van der Waals surface area contributed by atoms with Crippen LogP contribution in [-0.4, -0.2) is 43.9 Å². The molecule has 0 spiro atoms. The van der Waals surface area contributed by atoms with Gasteiger partial charge in [-0.25, -0.2) is 0 Å². The second-order valence-corrected chi connectivity index (χ2v) is 6.63. The molecule has 114 valence electrons. The highest BCUT2D eigenvalue weighted by Gasteiger charge is 2.22. The molecule has 1 aliphatic carbocycles. The van der Waals surface area contributed by atoms with Crippen LogP contribution in [0.3, 0.4) is 0 Å². The van der Waals surface area contributed by atoms with Crippen LogP contribution in [0.4, 0.5) is 5.13 Å². The van der Waals surface area contributed by atoms with Crippen LogP contribution in [0, 0.1) is 5.92 Å². The number of aromatic nitrogens is 1. The summed E-state index contributed by atoms with van der Waals surface area (Å²) in [5.41, 5.74) is 0. The average molecular weight is 299 g/mol. The number of aliphatic hydroxyl groups is 1. The van der Waals surface area contributed by atoms with Crippen LogP contribution in [0.1, 0.15) is 30.6 Å². The number of ether oxygens (including phenoxy) is 1. The lowest BCUT2D eigenvalue weighted by Gasteiger charge is -2.27. The monoisotopic (exact) mass is 299 g/mol. The zero-order chi connectivity index (χ0) is 14.5. The molecular weight excluding hydrogens is 274 g/mol. The van der Waals surface area contributed by atoms with Crippen molar-refractivity contribution in [1.29, 1.82) is 0 Å². The summed E-state index contributed by atoms with van der Waals surface area (Å²) in [6.45, 7) is 1.61. The van der Waals surface area contributed by atoms with Gasteiger partial charge in [-0.2, -0.15) is 4.98 Å². The van der Waals surface area contributed by atoms with Gasteiger partial charge in [-0.1, -0.05) is 24.2 Å². The second kappa shape index (κ2) is 7.24. The quantitative estimate of drug-likeness (QED) is 0.839. The van der Waals surface area contributed by atoms with E-state index in [2.05, 4.69) is 10.3 Å². The maximum absolute atomic E-state index is 9.96. The zero-order valence-corrected chi connectivity index (χ0v) is 13.4. The van der Waals surface area contributed by atoms with Crippen LogP contribution in [0.15, 0.2) is 0 Å². The van der Waals surface area contributed by atoms with E-state index in [4.69, 9.17) is 4.74 Å². The number of thiazole rings is 1. The van der Waals surface area contributed by atoms with Gasteiger partial charge in [0.15, 0.2) is 5.13 Å². The number of anilines is 1. The number of nitrogens with one attached hydrogen (secondary N) is 1. The van der Waals surface area contributed by atoms with Crippen LogP contribution >= 0.6 is 11.3 Å². The molecule has 1 aliphatic rings. The first-order chi connectivity index (χ1) is 9.61. The molecule has 1 aromatic heterocycles. The lowest BCUT2D eigenvalue weighted by Crippen LogP contribution is -2.33. The van der Waals surface area contributed by atoms with Crippen molar-refractivity contribution >= 4 is 16.5 Å². The van der Waals surface area contributed by atoms with Crippen LogP contribution < -0.4 is 15.0 Å². The number of aliphatic hydroxyl groups excluding tert-OH is 1. The predicted molar refractivity (Wildman–Crippen MR) is 82.7 cm³/mol. The third-order valence-corrected chi connectivity index (χ3v) is 4.99. The maximum Gasteiger partial charge on any atom is 0.230 e. The molecule has 0 saturated heterocycles. The van der Waals surface area contributed by atoms with E-state index in [9.17, 15) is 5.11 Å². The van der Waals surface area contributed by atoms with Crippen LogP contribution in [0.25, 0.3) is 0 Å². The molecule has 6 heteroatoms. The van der Waals surface area contributed by atoms with Crippen molar-refractivity contribution in [3.63, 3.8) is 0 Å². The molecule has 1 aromatic rings. The van der Waals surface area contributed by atoms with Crippen molar-refractivity contribution < 1.29 is 9.84 Å². The summed E-state index contributed by atoms with van der Waals surface area (Å²) in [6.07, 6.45) is 4.32. The predicted octanol–water partition coefficient (Wildman–Crippen LogP) is 1.86. The minimum atomic E-state index is -0.142. The molecule has 5 nitrogen and oxygen atoms in total. The second-order valence-electron chi connectivity index (χ2n) is 5.57. The van der Waals surface area contributed by atoms with Gasteiger partial charge >= 0.3 is 0 Å². The van der Waals surface area contributed by atoms with Gasteiger partial charge in [-0.05, 0) is 18.8 Å². The standard InChI is InChI=1S/C14H25N3O2S/c1-17(2)14-16-13(19-3)12(20-14)9-15-8-10-6-4-5-7-11(10)18/h10-11,15,18H,4-9H2,1-3H3.